The van der Waals surface area contributed by atoms with Gasteiger partial charge in [0.1, 0.15) is 10.8 Å². The van der Waals surface area contributed by atoms with Gasteiger partial charge in [0, 0.05) is 18.1 Å². The van der Waals surface area contributed by atoms with E-state index in [-0.39, 0.29) is 5.69 Å². The van der Waals surface area contributed by atoms with Gasteiger partial charge < -0.3 is 10.3 Å². The van der Waals surface area contributed by atoms with Crippen LogP contribution in [0.4, 0.5) is 18.9 Å². The minimum atomic E-state index is -4.54. The fourth-order valence-electron chi connectivity index (χ4n) is 2.59. The van der Waals surface area contributed by atoms with Crippen LogP contribution in [-0.4, -0.2) is 20.8 Å². The Balaban J connectivity index is 2.06. The van der Waals surface area contributed by atoms with Crippen molar-refractivity contribution >= 4 is 28.8 Å². The molecule has 2 N–H and O–H groups in total. The lowest BCUT2D eigenvalue weighted by Gasteiger charge is -2.12. The smallest absolute Gasteiger partial charge is 0.359 e. The number of allylic oxidation sites excluding steroid dienone is 1. The van der Waals surface area contributed by atoms with Crippen LogP contribution in [0.2, 0.25) is 5.15 Å². The third-order valence-corrected chi connectivity index (χ3v) is 4.21. The number of H-pyrrole nitrogens is 1. The molecule has 0 saturated heterocycles. The van der Waals surface area contributed by atoms with E-state index < -0.39 is 11.9 Å². The average Bonchev–Trinajstić information content (AvgIpc) is 3.24. The number of halogens is 4. The lowest BCUT2D eigenvalue weighted by molar-refractivity contribution is -0.141. The van der Waals surface area contributed by atoms with E-state index in [0.717, 1.165) is 12.5 Å². The molecule has 0 aliphatic heterocycles. The van der Waals surface area contributed by atoms with Crippen molar-refractivity contribution in [3.8, 4) is 0 Å². The van der Waals surface area contributed by atoms with Crippen LogP contribution in [0.1, 0.15) is 36.8 Å². The zero-order chi connectivity index (χ0) is 21.6. The molecule has 9 heteroatoms. The number of pyridine rings is 2. The van der Waals surface area contributed by atoms with Crippen LogP contribution in [0, 0.1) is 0 Å². The van der Waals surface area contributed by atoms with Crippen molar-refractivity contribution in [1.82, 2.24) is 15.0 Å². The molecular weight excluding hydrogens is 415 g/mol. The molecule has 0 aliphatic carbocycles. The molecule has 0 radical (unpaired) electrons. The number of unbranched alkanes of at least 4 members (excludes halogenated alkanes) is 1. The molecule has 3 aromatic heterocycles. The van der Waals surface area contributed by atoms with Gasteiger partial charge in [0.15, 0.2) is 5.84 Å². The number of rotatable bonds is 6. The number of alkyl halides is 3. The predicted octanol–water partition coefficient (Wildman–Crippen LogP) is 6.18. The first-order chi connectivity index (χ1) is 14.4. The Morgan fingerprint density at radius 1 is 1.23 bits per heavy atom. The number of aromatic nitrogens is 3. The molecule has 0 spiro atoms. The maximum absolute atomic E-state index is 13.1. The number of aliphatic imine (C=N–C) groups is 1. The van der Waals surface area contributed by atoms with Crippen LogP contribution < -0.4 is 5.32 Å². The van der Waals surface area contributed by atoms with Gasteiger partial charge in [0.25, 0.3) is 0 Å². The summed E-state index contributed by atoms with van der Waals surface area (Å²) in [5, 5.41) is 3.45. The van der Waals surface area contributed by atoms with Crippen LogP contribution in [0.3, 0.4) is 0 Å². The van der Waals surface area contributed by atoms with Gasteiger partial charge in [-0.25, -0.2) is 15.0 Å². The van der Waals surface area contributed by atoms with Crippen molar-refractivity contribution in [2.45, 2.75) is 25.9 Å². The van der Waals surface area contributed by atoms with Crippen molar-refractivity contribution in [2.24, 2.45) is 4.99 Å². The number of nitrogens with one attached hydrogen (secondary N) is 2. The lowest BCUT2D eigenvalue weighted by atomic mass is 10.2. The van der Waals surface area contributed by atoms with Gasteiger partial charge in [-0.2, -0.15) is 13.2 Å². The van der Waals surface area contributed by atoms with Crippen LogP contribution in [-0.2, 0) is 6.18 Å². The minimum Gasteiger partial charge on any atom is -0.359 e. The molecule has 3 rings (SSSR count). The number of hydrogen-bond donors (Lipinski definition) is 2. The largest absolute Gasteiger partial charge is 0.433 e. The highest BCUT2D eigenvalue weighted by Gasteiger charge is 2.32. The molecule has 0 aliphatic rings. The van der Waals surface area contributed by atoms with Crippen molar-refractivity contribution in [3.05, 3.63) is 83.2 Å². The van der Waals surface area contributed by atoms with Crippen molar-refractivity contribution < 1.29 is 13.2 Å². The molecule has 0 aromatic carbocycles. The topological polar surface area (TPSA) is 66.0 Å². The third-order valence-electron chi connectivity index (χ3n) is 4.00. The molecule has 5 nitrogen and oxygen atoms in total. The summed E-state index contributed by atoms with van der Waals surface area (Å²) in [7, 11) is 0. The number of hydrogen-bond acceptors (Lipinski definition) is 3. The highest BCUT2D eigenvalue weighted by Crippen LogP contribution is 2.29. The summed E-state index contributed by atoms with van der Waals surface area (Å²) in [6, 6.07) is 10.7. The summed E-state index contributed by atoms with van der Waals surface area (Å²) >= 11 is 5.96. The van der Waals surface area contributed by atoms with Gasteiger partial charge >= 0.3 is 6.18 Å². The van der Waals surface area contributed by atoms with E-state index in [1.807, 2.05) is 6.92 Å². The second kappa shape index (κ2) is 9.58. The zero-order valence-electron chi connectivity index (χ0n) is 16.0. The van der Waals surface area contributed by atoms with Gasteiger partial charge in [-0.15, -0.1) is 0 Å². The Morgan fingerprint density at radius 2 is 2.07 bits per heavy atom. The normalized spacial score (nSPS) is 12.8. The molecule has 0 amide bonds. The van der Waals surface area contributed by atoms with Gasteiger partial charge in [-0.3, -0.25) is 0 Å². The fraction of sp³-hybridized carbons (Fsp3) is 0.190. The molecule has 0 saturated carbocycles. The fourth-order valence-corrected chi connectivity index (χ4v) is 2.77. The summed E-state index contributed by atoms with van der Waals surface area (Å²) in [5.74, 6) is 0.406. The number of aromatic amines is 1. The standard InChI is InChI=1S/C21H19ClF3N5/c1-2-3-6-16(15-7-4-9-18(29-15)21(23,24)25)30-20(17-8-5-11-26-17)28-14-10-12-27-19(22)13-14/h4-13,26H,2-3H2,1H3,(H,27,28,30)/b16-6+. The monoisotopic (exact) mass is 433 g/mol. The van der Waals surface area contributed by atoms with Gasteiger partial charge in [0.2, 0.25) is 0 Å². The van der Waals surface area contributed by atoms with E-state index in [1.165, 1.54) is 12.1 Å². The van der Waals surface area contributed by atoms with E-state index in [0.29, 0.717) is 34.5 Å². The highest BCUT2D eigenvalue weighted by atomic mass is 35.5. The average molecular weight is 434 g/mol. The Morgan fingerprint density at radius 3 is 2.73 bits per heavy atom. The summed E-state index contributed by atoms with van der Waals surface area (Å²) in [6.45, 7) is 1.97. The Labute approximate surface area is 176 Å². The molecule has 0 bridgehead atoms. The molecule has 0 atom stereocenters. The highest BCUT2D eigenvalue weighted by molar-refractivity contribution is 6.29. The molecule has 156 valence electrons. The molecule has 3 heterocycles. The first-order valence-corrected chi connectivity index (χ1v) is 9.60. The second-order valence-corrected chi connectivity index (χ2v) is 6.71. The summed E-state index contributed by atoms with van der Waals surface area (Å²) in [6.07, 6.45) is 1.94. The minimum absolute atomic E-state index is 0.136. The van der Waals surface area contributed by atoms with E-state index in [9.17, 15) is 13.2 Å². The van der Waals surface area contributed by atoms with E-state index in [2.05, 4.69) is 25.3 Å². The summed E-state index contributed by atoms with van der Waals surface area (Å²) in [4.78, 5) is 15.4. The van der Waals surface area contributed by atoms with E-state index >= 15 is 0 Å². The molecule has 3 aromatic rings. The van der Waals surface area contributed by atoms with Gasteiger partial charge in [-0.05, 0) is 42.8 Å². The number of nitrogens with zero attached hydrogens (tertiary/aromatic N) is 3. The summed E-state index contributed by atoms with van der Waals surface area (Å²) in [5.41, 5.74) is 0.789. The molecule has 30 heavy (non-hydrogen) atoms. The Kier molecular flexibility index (Phi) is 6.89. The van der Waals surface area contributed by atoms with E-state index in [1.54, 1.807) is 42.7 Å². The quantitative estimate of drug-likeness (QED) is 0.277. The van der Waals surface area contributed by atoms with Crippen LogP contribution in [0.5, 0.6) is 0 Å². The zero-order valence-corrected chi connectivity index (χ0v) is 16.8. The number of amidine groups is 1. The van der Waals surface area contributed by atoms with Crippen molar-refractivity contribution in [3.63, 3.8) is 0 Å². The number of anilines is 1. The van der Waals surface area contributed by atoms with Crippen LogP contribution in [0.15, 0.2) is 65.9 Å². The van der Waals surface area contributed by atoms with Crippen LogP contribution >= 0.6 is 11.6 Å². The molecule has 0 fully saturated rings. The lowest BCUT2D eigenvalue weighted by Crippen LogP contribution is -2.15. The first-order valence-electron chi connectivity index (χ1n) is 9.22. The van der Waals surface area contributed by atoms with Crippen LogP contribution in [0.25, 0.3) is 5.70 Å². The van der Waals surface area contributed by atoms with Crippen molar-refractivity contribution in [1.29, 1.82) is 0 Å². The van der Waals surface area contributed by atoms with Gasteiger partial charge in [0.05, 0.1) is 17.1 Å². The molecular formula is C21H19ClF3N5. The third kappa shape index (κ3) is 5.70. The van der Waals surface area contributed by atoms with Crippen molar-refractivity contribution in [2.75, 3.05) is 5.32 Å². The maximum atomic E-state index is 13.1. The maximum Gasteiger partial charge on any atom is 0.433 e. The Hall–Kier alpha value is -3.13. The predicted molar refractivity (Wildman–Crippen MR) is 112 cm³/mol. The Bertz CT molecular complexity index is 1040. The second-order valence-electron chi connectivity index (χ2n) is 6.32. The molecule has 0 unspecified atom stereocenters. The summed E-state index contributed by atoms with van der Waals surface area (Å²) < 4.78 is 39.4. The SMILES string of the molecule is CCC/C=C(/N=C(Nc1ccnc(Cl)c1)c1ccc[nH]1)c1cccc(C(F)(F)F)n1. The van der Waals surface area contributed by atoms with E-state index in [4.69, 9.17) is 11.6 Å². The first kappa shape index (κ1) is 21.6. The van der Waals surface area contributed by atoms with Gasteiger partial charge in [-0.1, -0.05) is 37.1 Å².